The number of rotatable bonds is 8. The van der Waals surface area contributed by atoms with E-state index >= 15 is 0 Å². The minimum atomic E-state index is -2.90. The van der Waals surface area contributed by atoms with E-state index in [1.807, 2.05) is 6.92 Å². The third-order valence-electron chi connectivity index (χ3n) is 3.43. The van der Waals surface area contributed by atoms with Gasteiger partial charge in [0.15, 0.2) is 5.11 Å². The molecule has 1 saturated heterocycles. The van der Waals surface area contributed by atoms with E-state index in [0.29, 0.717) is 17.2 Å². The fourth-order valence-electron chi connectivity index (χ4n) is 2.17. The van der Waals surface area contributed by atoms with E-state index in [4.69, 9.17) is 12.2 Å². The number of amides is 2. The first-order valence-electron chi connectivity index (χ1n) is 8.22. The monoisotopic (exact) mass is 415 g/mol. The van der Waals surface area contributed by atoms with Crippen molar-refractivity contribution < 1.29 is 23.1 Å². The summed E-state index contributed by atoms with van der Waals surface area (Å²) >= 11 is 5.92. The summed E-state index contributed by atoms with van der Waals surface area (Å²) in [4.78, 5) is 25.9. The first-order chi connectivity index (χ1) is 12.9. The van der Waals surface area contributed by atoms with Gasteiger partial charge in [-0.15, -0.1) is 0 Å². The summed E-state index contributed by atoms with van der Waals surface area (Å²) in [5.74, 6) is -0.374. The van der Waals surface area contributed by atoms with Crippen molar-refractivity contribution in [3.8, 4) is 5.75 Å². The van der Waals surface area contributed by atoms with Crippen molar-refractivity contribution in [1.82, 2.24) is 15.5 Å². The summed E-state index contributed by atoms with van der Waals surface area (Å²) in [6.07, 6.45) is 2.48. The molecular weight excluding hydrogens is 396 g/mol. The highest BCUT2D eigenvalue weighted by Gasteiger charge is 2.34. The lowest BCUT2D eigenvalue weighted by atomic mass is 10.2. The van der Waals surface area contributed by atoms with Crippen molar-refractivity contribution >= 4 is 46.3 Å². The molecule has 0 unspecified atom stereocenters. The van der Waals surface area contributed by atoms with Gasteiger partial charge in [-0.2, -0.15) is 8.78 Å². The zero-order valence-corrected chi connectivity index (χ0v) is 16.2. The van der Waals surface area contributed by atoms with Crippen LogP contribution in [0.3, 0.4) is 0 Å². The van der Waals surface area contributed by atoms with Crippen LogP contribution in [-0.2, 0) is 4.79 Å². The Kier molecular flexibility index (Phi) is 7.99. The van der Waals surface area contributed by atoms with Crippen molar-refractivity contribution in [2.75, 3.05) is 19.6 Å². The number of carbonyl (C=O) groups excluding carboxylic acids is 2. The van der Waals surface area contributed by atoms with Gasteiger partial charge in [0.05, 0.1) is 4.91 Å². The minimum absolute atomic E-state index is 0.0222. The van der Waals surface area contributed by atoms with E-state index in [2.05, 4.69) is 15.4 Å². The highest BCUT2D eigenvalue weighted by molar-refractivity contribution is 8.18. The molecule has 1 aromatic carbocycles. The molecule has 0 radical (unpaired) electrons. The summed E-state index contributed by atoms with van der Waals surface area (Å²) in [5.41, 5.74) is 0.602. The predicted octanol–water partition coefficient (Wildman–Crippen LogP) is 3.20. The van der Waals surface area contributed by atoms with Gasteiger partial charge in [0, 0.05) is 19.6 Å². The molecular formula is C17H19F2N3O3S2. The van der Waals surface area contributed by atoms with E-state index < -0.39 is 12.5 Å². The Morgan fingerprint density at radius 2 is 1.93 bits per heavy atom. The quantitative estimate of drug-likeness (QED) is 0.499. The van der Waals surface area contributed by atoms with Gasteiger partial charge in [-0.25, -0.2) is 0 Å². The molecule has 6 nitrogen and oxygen atoms in total. The standard InChI is InChI=1S/C17H19F2N3O3S2/c1-2-7-20-16(26)21-8-9-22-14(23)13(27-17(22)24)10-11-3-5-12(6-4-11)25-15(18)19/h3-6,10,15H,2,7-9H2,1H3,(H2,20,21,26)/b13-10-. The Morgan fingerprint density at radius 3 is 2.56 bits per heavy atom. The Labute approximate surface area is 165 Å². The minimum Gasteiger partial charge on any atom is -0.435 e. The van der Waals surface area contributed by atoms with E-state index in [1.165, 1.54) is 30.3 Å². The number of thiocarbonyl (C=S) groups is 1. The molecule has 0 spiro atoms. The summed E-state index contributed by atoms with van der Waals surface area (Å²) < 4.78 is 28.6. The number of nitrogens with zero attached hydrogens (tertiary/aromatic N) is 1. The molecule has 2 rings (SSSR count). The van der Waals surface area contributed by atoms with E-state index in [0.717, 1.165) is 29.6 Å². The highest BCUT2D eigenvalue weighted by atomic mass is 32.2. The van der Waals surface area contributed by atoms with Crippen LogP contribution in [0.5, 0.6) is 5.75 Å². The van der Waals surface area contributed by atoms with Gasteiger partial charge in [0.1, 0.15) is 5.75 Å². The number of ether oxygens (including phenoxy) is 1. The van der Waals surface area contributed by atoms with Crippen molar-refractivity contribution in [3.05, 3.63) is 34.7 Å². The van der Waals surface area contributed by atoms with Crippen LogP contribution in [0.4, 0.5) is 13.6 Å². The maximum atomic E-state index is 12.4. The Bertz CT molecular complexity index is 727. The Balaban J connectivity index is 1.92. The van der Waals surface area contributed by atoms with Crippen LogP contribution in [0.2, 0.25) is 0 Å². The predicted molar refractivity (Wildman–Crippen MR) is 105 cm³/mol. The number of thioether (sulfide) groups is 1. The van der Waals surface area contributed by atoms with Gasteiger partial charge in [-0.1, -0.05) is 19.1 Å². The molecule has 10 heteroatoms. The van der Waals surface area contributed by atoms with E-state index in [1.54, 1.807) is 0 Å². The lowest BCUT2D eigenvalue weighted by Crippen LogP contribution is -2.41. The topological polar surface area (TPSA) is 70.7 Å². The number of benzene rings is 1. The third-order valence-corrected chi connectivity index (χ3v) is 4.63. The first-order valence-corrected chi connectivity index (χ1v) is 9.45. The SMILES string of the molecule is CCCNC(=S)NCCN1C(=O)S/C(=C\c2ccc(OC(F)F)cc2)C1=O. The Hall–Kier alpha value is -2.20. The van der Waals surface area contributed by atoms with Crippen molar-refractivity contribution in [1.29, 1.82) is 0 Å². The van der Waals surface area contributed by atoms with Gasteiger partial charge in [-0.3, -0.25) is 14.5 Å². The number of imide groups is 1. The second-order valence-electron chi connectivity index (χ2n) is 5.46. The van der Waals surface area contributed by atoms with Gasteiger partial charge < -0.3 is 15.4 Å². The summed E-state index contributed by atoms with van der Waals surface area (Å²) in [7, 11) is 0. The average molecular weight is 415 g/mol. The maximum Gasteiger partial charge on any atom is 0.387 e. The summed E-state index contributed by atoms with van der Waals surface area (Å²) in [6.45, 7) is 0.405. The largest absolute Gasteiger partial charge is 0.435 e. The van der Waals surface area contributed by atoms with Crippen molar-refractivity contribution in [2.24, 2.45) is 0 Å². The lowest BCUT2D eigenvalue weighted by molar-refractivity contribution is -0.122. The number of carbonyl (C=O) groups is 2. The van der Waals surface area contributed by atoms with Crippen LogP contribution >= 0.6 is 24.0 Å². The molecule has 0 atom stereocenters. The lowest BCUT2D eigenvalue weighted by Gasteiger charge is -2.14. The number of nitrogens with one attached hydrogen (secondary N) is 2. The van der Waals surface area contributed by atoms with Gasteiger partial charge >= 0.3 is 6.61 Å². The normalized spacial score (nSPS) is 15.6. The molecule has 27 heavy (non-hydrogen) atoms. The summed E-state index contributed by atoms with van der Waals surface area (Å²) in [6, 6.07) is 5.81. The van der Waals surface area contributed by atoms with Gasteiger partial charge in [0.25, 0.3) is 11.1 Å². The highest BCUT2D eigenvalue weighted by Crippen LogP contribution is 2.32. The van der Waals surface area contributed by atoms with Crippen LogP contribution in [-0.4, -0.2) is 47.4 Å². The molecule has 0 aromatic heterocycles. The van der Waals surface area contributed by atoms with Gasteiger partial charge in [-0.05, 0) is 54.2 Å². The van der Waals surface area contributed by atoms with Crippen LogP contribution in [0.15, 0.2) is 29.2 Å². The summed E-state index contributed by atoms with van der Waals surface area (Å²) in [5, 5.41) is 6.05. The fraction of sp³-hybridized carbons (Fsp3) is 0.353. The molecule has 2 N–H and O–H groups in total. The van der Waals surface area contributed by atoms with E-state index in [-0.39, 0.29) is 22.4 Å². The molecule has 2 amide bonds. The van der Waals surface area contributed by atoms with Gasteiger partial charge in [0.2, 0.25) is 0 Å². The first kappa shape index (κ1) is 21.1. The molecule has 1 aliphatic rings. The van der Waals surface area contributed by atoms with E-state index in [9.17, 15) is 18.4 Å². The van der Waals surface area contributed by atoms with Crippen LogP contribution in [0, 0.1) is 0 Å². The second kappa shape index (κ2) is 10.2. The smallest absolute Gasteiger partial charge is 0.387 e. The number of hydrogen-bond acceptors (Lipinski definition) is 5. The molecule has 0 aliphatic carbocycles. The Morgan fingerprint density at radius 1 is 1.26 bits per heavy atom. The molecule has 1 heterocycles. The van der Waals surface area contributed by atoms with Crippen LogP contribution in [0.1, 0.15) is 18.9 Å². The zero-order valence-electron chi connectivity index (χ0n) is 14.5. The zero-order chi connectivity index (χ0) is 19.8. The van der Waals surface area contributed by atoms with Crippen LogP contribution in [0.25, 0.3) is 6.08 Å². The average Bonchev–Trinajstić information content (AvgIpc) is 2.88. The maximum absolute atomic E-state index is 12.4. The molecule has 1 aromatic rings. The van der Waals surface area contributed by atoms with Crippen molar-refractivity contribution in [2.45, 2.75) is 20.0 Å². The molecule has 1 fully saturated rings. The molecule has 0 saturated carbocycles. The number of hydrogen-bond donors (Lipinski definition) is 2. The third kappa shape index (κ3) is 6.47. The van der Waals surface area contributed by atoms with Crippen molar-refractivity contribution in [3.63, 3.8) is 0 Å². The fourth-order valence-corrected chi connectivity index (χ4v) is 3.24. The second-order valence-corrected chi connectivity index (χ2v) is 6.87. The molecule has 0 bridgehead atoms. The number of alkyl halides is 2. The van der Waals surface area contributed by atoms with Crippen LogP contribution < -0.4 is 15.4 Å². The molecule has 146 valence electrons. The number of halogens is 2. The molecule has 1 aliphatic heterocycles.